The van der Waals surface area contributed by atoms with Crippen molar-refractivity contribution in [3.63, 3.8) is 0 Å². The van der Waals surface area contributed by atoms with E-state index in [4.69, 9.17) is 11.0 Å². The van der Waals surface area contributed by atoms with Crippen molar-refractivity contribution in [1.29, 1.82) is 5.26 Å². The molecule has 0 spiro atoms. The lowest BCUT2D eigenvalue weighted by atomic mass is 10.1. The van der Waals surface area contributed by atoms with Crippen LogP contribution in [0, 0.1) is 11.3 Å². The predicted octanol–water partition coefficient (Wildman–Crippen LogP) is 1.47. The van der Waals surface area contributed by atoms with Gasteiger partial charge in [0.05, 0.1) is 18.2 Å². The number of nitrogens with zero attached hydrogens (tertiary/aromatic N) is 3. The first-order valence-electron chi connectivity index (χ1n) is 5.72. The van der Waals surface area contributed by atoms with Crippen LogP contribution in [0.25, 0.3) is 0 Å². The van der Waals surface area contributed by atoms with Gasteiger partial charge in [-0.2, -0.15) is 5.26 Å². The molecule has 1 fully saturated rings. The summed E-state index contributed by atoms with van der Waals surface area (Å²) in [5.41, 5.74) is 7.56. The Morgan fingerprint density at radius 1 is 1.59 bits per heavy atom. The summed E-state index contributed by atoms with van der Waals surface area (Å²) in [6.45, 7) is 0.526. The molecule has 1 aromatic carbocycles. The van der Waals surface area contributed by atoms with Gasteiger partial charge in [-0.1, -0.05) is 12.1 Å². The Kier molecular flexibility index (Phi) is 3.29. The van der Waals surface area contributed by atoms with Crippen molar-refractivity contribution in [3.8, 4) is 6.07 Å². The average Bonchev–Trinajstić information content (AvgIpc) is 3.19. The van der Waals surface area contributed by atoms with Gasteiger partial charge in [0.25, 0.3) is 0 Å². The molecule has 0 amide bonds. The van der Waals surface area contributed by atoms with Gasteiger partial charge >= 0.3 is 0 Å². The second kappa shape index (κ2) is 4.88. The van der Waals surface area contributed by atoms with Crippen LogP contribution in [-0.4, -0.2) is 23.9 Å². The van der Waals surface area contributed by atoms with Crippen LogP contribution in [0.1, 0.15) is 24.0 Å². The van der Waals surface area contributed by atoms with E-state index in [9.17, 15) is 0 Å². The molecule has 2 rings (SSSR count). The van der Waals surface area contributed by atoms with Crippen molar-refractivity contribution in [2.24, 2.45) is 10.7 Å². The second-order valence-electron chi connectivity index (χ2n) is 4.33. The first-order valence-corrected chi connectivity index (χ1v) is 5.72. The van der Waals surface area contributed by atoms with Gasteiger partial charge < -0.3 is 10.6 Å². The van der Waals surface area contributed by atoms with Crippen LogP contribution < -0.4 is 5.73 Å². The maximum atomic E-state index is 8.79. The van der Waals surface area contributed by atoms with E-state index < -0.39 is 0 Å². The number of aliphatic imine (C=N–C) groups is 1. The van der Waals surface area contributed by atoms with Gasteiger partial charge in [0, 0.05) is 13.1 Å². The van der Waals surface area contributed by atoms with E-state index in [1.165, 1.54) is 12.8 Å². The first-order chi connectivity index (χ1) is 8.20. The summed E-state index contributed by atoms with van der Waals surface area (Å²) in [6.07, 6.45) is 2.41. The molecule has 0 radical (unpaired) electrons. The van der Waals surface area contributed by atoms with Gasteiger partial charge in [0.2, 0.25) is 0 Å². The van der Waals surface area contributed by atoms with Crippen LogP contribution in [0.5, 0.6) is 0 Å². The summed E-state index contributed by atoms with van der Waals surface area (Å²) >= 11 is 0. The molecule has 1 aliphatic carbocycles. The van der Waals surface area contributed by atoms with Crippen LogP contribution in [-0.2, 0) is 6.54 Å². The Bertz CT molecular complexity index is 469. The molecular formula is C13H16N4. The Balaban J connectivity index is 2.00. The number of nitriles is 1. The average molecular weight is 228 g/mol. The number of hydrogen-bond acceptors (Lipinski definition) is 2. The lowest BCUT2D eigenvalue weighted by Crippen LogP contribution is -2.35. The quantitative estimate of drug-likeness (QED) is 0.629. The number of benzene rings is 1. The third kappa shape index (κ3) is 2.97. The van der Waals surface area contributed by atoms with Crippen molar-refractivity contribution < 1.29 is 0 Å². The van der Waals surface area contributed by atoms with Gasteiger partial charge in [-0.3, -0.25) is 0 Å². The zero-order valence-corrected chi connectivity index (χ0v) is 9.93. The molecule has 0 heterocycles. The van der Waals surface area contributed by atoms with Gasteiger partial charge in [-0.15, -0.1) is 0 Å². The fraction of sp³-hybridized carbons (Fsp3) is 0.385. The van der Waals surface area contributed by atoms with Gasteiger partial charge in [0.1, 0.15) is 0 Å². The Hall–Kier alpha value is -2.02. The summed E-state index contributed by atoms with van der Waals surface area (Å²) in [6, 6.07) is 10.1. The van der Waals surface area contributed by atoms with E-state index >= 15 is 0 Å². The second-order valence-corrected chi connectivity index (χ2v) is 4.33. The van der Waals surface area contributed by atoms with Crippen LogP contribution in [0.4, 0.5) is 0 Å². The third-order valence-corrected chi connectivity index (χ3v) is 2.94. The van der Waals surface area contributed by atoms with E-state index in [0.29, 0.717) is 24.1 Å². The highest BCUT2D eigenvalue weighted by molar-refractivity contribution is 5.78. The molecule has 88 valence electrons. The zero-order chi connectivity index (χ0) is 12.3. The van der Waals surface area contributed by atoms with Gasteiger partial charge in [-0.25, -0.2) is 4.99 Å². The molecule has 1 aliphatic rings. The van der Waals surface area contributed by atoms with Crippen LogP contribution in [0.15, 0.2) is 29.3 Å². The standard InChI is InChI=1S/C13H16N4/c1-17(12-5-6-12)13(15)16-9-11-4-2-3-10(7-11)8-14/h2-4,7,12H,5-6,9H2,1H3,(H2,15,16). The summed E-state index contributed by atoms with van der Waals surface area (Å²) in [5, 5.41) is 8.79. The highest BCUT2D eigenvalue weighted by Gasteiger charge is 2.27. The highest BCUT2D eigenvalue weighted by Crippen LogP contribution is 2.24. The van der Waals surface area contributed by atoms with E-state index in [2.05, 4.69) is 11.1 Å². The minimum absolute atomic E-state index is 0.526. The number of nitrogens with two attached hydrogens (primary N) is 1. The van der Waals surface area contributed by atoms with Crippen molar-refractivity contribution >= 4 is 5.96 Å². The number of guanidine groups is 1. The SMILES string of the molecule is CN(C(N)=NCc1cccc(C#N)c1)C1CC1. The van der Waals surface area contributed by atoms with Gasteiger partial charge in [-0.05, 0) is 30.5 Å². The van der Waals surface area contributed by atoms with E-state index in [0.717, 1.165) is 5.56 Å². The van der Waals surface area contributed by atoms with Crippen LogP contribution in [0.2, 0.25) is 0 Å². The molecule has 0 aromatic heterocycles. The molecule has 0 unspecified atom stereocenters. The molecule has 0 atom stereocenters. The number of hydrogen-bond donors (Lipinski definition) is 1. The monoisotopic (exact) mass is 228 g/mol. The minimum atomic E-state index is 0.526. The lowest BCUT2D eigenvalue weighted by Gasteiger charge is -2.16. The van der Waals surface area contributed by atoms with E-state index in [-0.39, 0.29) is 0 Å². The van der Waals surface area contributed by atoms with Crippen molar-refractivity contribution in [2.75, 3.05) is 7.05 Å². The molecule has 0 aliphatic heterocycles. The van der Waals surface area contributed by atoms with Crippen LogP contribution >= 0.6 is 0 Å². The van der Waals surface area contributed by atoms with Crippen molar-refractivity contribution in [2.45, 2.75) is 25.4 Å². The normalized spacial score (nSPS) is 15.4. The molecule has 1 aromatic rings. The summed E-state index contributed by atoms with van der Waals surface area (Å²) in [4.78, 5) is 6.36. The maximum absolute atomic E-state index is 8.79. The zero-order valence-electron chi connectivity index (χ0n) is 9.93. The molecule has 17 heavy (non-hydrogen) atoms. The Morgan fingerprint density at radius 2 is 2.35 bits per heavy atom. The lowest BCUT2D eigenvalue weighted by molar-refractivity contribution is 0.487. The molecule has 4 heteroatoms. The van der Waals surface area contributed by atoms with E-state index in [1.54, 1.807) is 6.07 Å². The third-order valence-electron chi connectivity index (χ3n) is 2.94. The summed E-state index contributed by atoms with van der Waals surface area (Å²) < 4.78 is 0. The molecule has 1 saturated carbocycles. The maximum Gasteiger partial charge on any atom is 0.191 e. The molecule has 4 nitrogen and oxygen atoms in total. The van der Waals surface area contributed by atoms with Gasteiger partial charge in [0.15, 0.2) is 5.96 Å². The smallest absolute Gasteiger partial charge is 0.191 e. The minimum Gasteiger partial charge on any atom is -0.370 e. The molecular weight excluding hydrogens is 212 g/mol. The van der Waals surface area contributed by atoms with Crippen LogP contribution in [0.3, 0.4) is 0 Å². The van der Waals surface area contributed by atoms with E-state index in [1.807, 2.05) is 30.1 Å². The highest BCUT2D eigenvalue weighted by atomic mass is 15.3. The fourth-order valence-electron chi connectivity index (χ4n) is 1.67. The largest absolute Gasteiger partial charge is 0.370 e. The predicted molar refractivity (Wildman–Crippen MR) is 67.3 cm³/mol. The summed E-state index contributed by atoms with van der Waals surface area (Å²) in [5.74, 6) is 0.579. The first kappa shape index (κ1) is 11.5. The van der Waals surface area contributed by atoms with Crippen molar-refractivity contribution in [1.82, 2.24) is 4.90 Å². The molecule has 0 bridgehead atoms. The fourth-order valence-corrected chi connectivity index (χ4v) is 1.67. The number of rotatable bonds is 3. The summed E-state index contributed by atoms with van der Waals surface area (Å²) in [7, 11) is 1.97. The molecule has 2 N–H and O–H groups in total. The molecule has 0 saturated heterocycles. The topological polar surface area (TPSA) is 65.4 Å². The van der Waals surface area contributed by atoms with Crippen molar-refractivity contribution in [3.05, 3.63) is 35.4 Å². The Morgan fingerprint density at radius 3 is 3.00 bits per heavy atom. The Labute approximate surface area is 101 Å².